The zero-order valence-electron chi connectivity index (χ0n) is 16.1. The Morgan fingerprint density at radius 2 is 2.14 bits per heavy atom. The van der Waals surface area contributed by atoms with Gasteiger partial charge in [-0.15, -0.1) is 11.3 Å². The van der Waals surface area contributed by atoms with Crippen LogP contribution in [0.3, 0.4) is 0 Å². The fourth-order valence-corrected chi connectivity index (χ4v) is 4.10. The molecule has 0 radical (unpaired) electrons. The van der Waals surface area contributed by atoms with E-state index in [-0.39, 0.29) is 18.2 Å². The number of likely N-dealkylation sites (tertiary alicyclic amines) is 1. The van der Waals surface area contributed by atoms with E-state index < -0.39 is 6.04 Å². The second-order valence-electron chi connectivity index (χ2n) is 7.14. The Bertz CT molecular complexity index is 982. The lowest BCUT2D eigenvalue weighted by Crippen LogP contribution is -2.46. The highest BCUT2D eigenvalue weighted by molar-refractivity contribution is 7.07. The zero-order valence-corrected chi connectivity index (χ0v) is 16.9. The van der Waals surface area contributed by atoms with Crippen molar-refractivity contribution in [2.45, 2.75) is 38.8 Å². The molecule has 1 aliphatic rings. The molecule has 0 unspecified atom stereocenters. The van der Waals surface area contributed by atoms with Crippen molar-refractivity contribution in [1.82, 2.24) is 20.4 Å². The minimum Gasteiger partial charge on any atom is -0.361 e. The summed E-state index contributed by atoms with van der Waals surface area (Å²) in [5, 5.41) is 8.78. The van der Waals surface area contributed by atoms with E-state index in [1.165, 1.54) is 0 Å². The molecule has 0 spiro atoms. The van der Waals surface area contributed by atoms with Crippen LogP contribution in [0.2, 0.25) is 0 Å². The number of hydrogen-bond acceptors (Lipinski definition) is 6. The van der Waals surface area contributed by atoms with Gasteiger partial charge < -0.3 is 14.7 Å². The summed E-state index contributed by atoms with van der Waals surface area (Å²) in [4.78, 5) is 31.3. The number of rotatable bonds is 6. The van der Waals surface area contributed by atoms with Gasteiger partial charge in [0.2, 0.25) is 11.8 Å². The smallest absolute Gasteiger partial charge is 0.243 e. The molecule has 3 aromatic rings. The van der Waals surface area contributed by atoms with Crippen LogP contribution < -0.4 is 5.32 Å². The molecule has 1 aromatic carbocycles. The molecule has 7 nitrogen and oxygen atoms in total. The van der Waals surface area contributed by atoms with E-state index >= 15 is 0 Å². The highest BCUT2D eigenvalue weighted by Crippen LogP contribution is 2.21. The van der Waals surface area contributed by atoms with E-state index in [2.05, 4.69) is 15.5 Å². The third-order valence-corrected chi connectivity index (χ3v) is 5.61. The molecule has 1 fully saturated rings. The number of carbonyl (C=O) groups is 2. The maximum absolute atomic E-state index is 12.7. The molecule has 0 saturated carbocycles. The average molecular weight is 410 g/mol. The van der Waals surface area contributed by atoms with E-state index in [0.717, 1.165) is 28.9 Å². The van der Waals surface area contributed by atoms with Crippen LogP contribution in [0.15, 0.2) is 45.7 Å². The van der Waals surface area contributed by atoms with Crippen molar-refractivity contribution in [3.05, 3.63) is 58.2 Å². The first-order chi connectivity index (χ1) is 14.1. The van der Waals surface area contributed by atoms with Crippen LogP contribution in [0.4, 0.5) is 0 Å². The monoisotopic (exact) mass is 410 g/mol. The van der Waals surface area contributed by atoms with Crippen LogP contribution in [-0.2, 0) is 22.6 Å². The van der Waals surface area contributed by atoms with E-state index in [1.807, 2.05) is 42.1 Å². The van der Waals surface area contributed by atoms with Crippen LogP contribution >= 0.6 is 11.3 Å². The molecule has 29 heavy (non-hydrogen) atoms. The number of aromatic nitrogens is 2. The molecule has 1 atom stereocenters. The number of carbonyl (C=O) groups excluding carboxylic acids is 2. The van der Waals surface area contributed by atoms with Crippen molar-refractivity contribution in [3.8, 4) is 11.3 Å². The summed E-state index contributed by atoms with van der Waals surface area (Å²) in [5.41, 5.74) is 5.56. The van der Waals surface area contributed by atoms with E-state index in [4.69, 9.17) is 4.52 Å². The van der Waals surface area contributed by atoms with Crippen molar-refractivity contribution in [1.29, 1.82) is 0 Å². The lowest BCUT2D eigenvalue weighted by molar-refractivity contribution is -0.138. The van der Waals surface area contributed by atoms with Crippen molar-refractivity contribution in [2.24, 2.45) is 0 Å². The van der Waals surface area contributed by atoms with Gasteiger partial charge in [-0.05, 0) is 25.3 Å². The minimum atomic E-state index is -0.430. The highest BCUT2D eigenvalue weighted by Gasteiger charge is 2.34. The van der Waals surface area contributed by atoms with Gasteiger partial charge in [0.05, 0.1) is 23.3 Å². The first-order valence-corrected chi connectivity index (χ1v) is 10.5. The van der Waals surface area contributed by atoms with Crippen LogP contribution in [0, 0.1) is 6.92 Å². The Balaban J connectivity index is 1.33. The molecule has 150 valence electrons. The number of nitrogens with zero attached hydrogens (tertiary/aromatic N) is 3. The summed E-state index contributed by atoms with van der Waals surface area (Å²) in [7, 11) is 0. The second-order valence-corrected chi connectivity index (χ2v) is 7.86. The van der Waals surface area contributed by atoms with Gasteiger partial charge in [0.25, 0.3) is 0 Å². The van der Waals surface area contributed by atoms with Crippen molar-refractivity contribution in [2.75, 3.05) is 6.54 Å². The van der Waals surface area contributed by atoms with Crippen LogP contribution in [0.25, 0.3) is 11.3 Å². The number of aryl methyl sites for hydroxylation is 1. The third kappa shape index (κ3) is 4.54. The van der Waals surface area contributed by atoms with E-state index in [1.54, 1.807) is 22.3 Å². The normalized spacial score (nSPS) is 16.2. The molecule has 8 heteroatoms. The summed E-state index contributed by atoms with van der Waals surface area (Å²) in [6, 6.07) is 9.29. The minimum absolute atomic E-state index is 0.105. The van der Waals surface area contributed by atoms with Gasteiger partial charge in [-0.2, -0.15) is 0 Å². The predicted octanol–water partition coefficient (Wildman–Crippen LogP) is 2.96. The fraction of sp³-hybridized carbons (Fsp3) is 0.333. The van der Waals surface area contributed by atoms with Gasteiger partial charge in [0.15, 0.2) is 0 Å². The number of thiazole rings is 1. The number of benzene rings is 1. The molecular formula is C21H22N4O3S. The van der Waals surface area contributed by atoms with Crippen molar-refractivity contribution < 1.29 is 14.1 Å². The van der Waals surface area contributed by atoms with Gasteiger partial charge in [0.1, 0.15) is 11.8 Å². The molecule has 1 aliphatic heterocycles. The lowest BCUT2D eigenvalue weighted by Gasteiger charge is -2.23. The predicted molar refractivity (Wildman–Crippen MR) is 109 cm³/mol. The molecule has 3 heterocycles. The molecule has 1 saturated heterocycles. The Morgan fingerprint density at radius 3 is 2.83 bits per heavy atom. The quantitative estimate of drug-likeness (QED) is 0.675. The van der Waals surface area contributed by atoms with Gasteiger partial charge in [-0.25, -0.2) is 4.98 Å². The Kier molecular flexibility index (Phi) is 5.71. The topological polar surface area (TPSA) is 88.3 Å². The van der Waals surface area contributed by atoms with Gasteiger partial charge >= 0.3 is 0 Å². The van der Waals surface area contributed by atoms with Gasteiger partial charge in [-0.1, -0.05) is 29.4 Å². The standard InChI is InChI=1S/C21H22N4O3S/c1-14-9-17(28-24-14)10-20(26)25-8-2-3-19(25)21(27)22-11-15-4-6-16(7-5-15)18-12-29-13-23-18/h4-7,9,12-13,19H,2-3,8,10-11H2,1H3,(H,22,27)/t19-/m0/s1. The summed E-state index contributed by atoms with van der Waals surface area (Å²) >= 11 is 1.56. The number of nitrogens with one attached hydrogen (secondary N) is 1. The largest absolute Gasteiger partial charge is 0.361 e. The number of hydrogen-bond donors (Lipinski definition) is 1. The second kappa shape index (κ2) is 8.57. The van der Waals surface area contributed by atoms with Crippen LogP contribution in [0.5, 0.6) is 0 Å². The molecular weight excluding hydrogens is 388 g/mol. The van der Waals surface area contributed by atoms with Gasteiger partial charge in [-0.3, -0.25) is 9.59 Å². The average Bonchev–Trinajstić information content (AvgIpc) is 3.48. The van der Waals surface area contributed by atoms with E-state index in [0.29, 0.717) is 25.3 Å². The molecule has 0 bridgehead atoms. The van der Waals surface area contributed by atoms with Crippen molar-refractivity contribution >= 4 is 23.2 Å². The molecule has 2 aromatic heterocycles. The Labute approximate surface area is 172 Å². The number of amides is 2. The van der Waals surface area contributed by atoms with Crippen LogP contribution in [0.1, 0.15) is 29.9 Å². The summed E-state index contributed by atoms with van der Waals surface area (Å²) < 4.78 is 5.13. The maximum Gasteiger partial charge on any atom is 0.243 e. The summed E-state index contributed by atoms with van der Waals surface area (Å²) in [5.74, 6) is 0.304. The lowest BCUT2D eigenvalue weighted by atomic mass is 10.1. The Hall–Kier alpha value is -3.00. The Morgan fingerprint density at radius 1 is 1.31 bits per heavy atom. The summed E-state index contributed by atoms with van der Waals surface area (Å²) in [6.45, 7) is 2.83. The van der Waals surface area contributed by atoms with Crippen molar-refractivity contribution in [3.63, 3.8) is 0 Å². The molecule has 0 aliphatic carbocycles. The SMILES string of the molecule is Cc1cc(CC(=O)N2CCC[C@H]2C(=O)NCc2ccc(-c3cscn3)cc2)on1. The highest BCUT2D eigenvalue weighted by atomic mass is 32.1. The third-order valence-electron chi connectivity index (χ3n) is 5.03. The zero-order chi connectivity index (χ0) is 20.2. The first-order valence-electron chi connectivity index (χ1n) is 9.57. The molecule has 4 rings (SSSR count). The molecule has 2 amide bonds. The molecule has 1 N–H and O–H groups in total. The summed E-state index contributed by atoms with van der Waals surface area (Å²) in [6.07, 6.45) is 1.63. The van der Waals surface area contributed by atoms with E-state index in [9.17, 15) is 9.59 Å². The van der Waals surface area contributed by atoms with Gasteiger partial charge in [0, 0.05) is 30.1 Å². The maximum atomic E-state index is 12.7. The van der Waals surface area contributed by atoms with Crippen LogP contribution in [-0.4, -0.2) is 39.4 Å². The fourth-order valence-electron chi connectivity index (χ4n) is 3.54. The first kappa shape index (κ1) is 19.3.